The molecule has 0 aliphatic carbocycles. The standard InChI is InChI=1S/C34H50N4O5/c1-8-9-10-11-12-22-38(32(41)27(20-21-28(35)39)36-33(42)43-34(5,6)7)30(26-18-16-23(2)17-19-26)31(40)37-29-24(3)14-13-15-25(29)4/h13-19,27,30H,8-12,20-22H2,1-7H3,(H2,35,39)(H,36,42)(H,37,40). The van der Waals surface area contributed by atoms with Crippen LogP contribution in [-0.4, -0.2) is 46.9 Å². The van der Waals surface area contributed by atoms with Crippen molar-refractivity contribution in [3.63, 3.8) is 0 Å². The molecule has 0 saturated carbocycles. The van der Waals surface area contributed by atoms with Gasteiger partial charge in [-0.25, -0.2) is 4.79 Å². The molecule has 2 atom stereocenters. The van der Waals surface area contributed by atoms with Crippen molar-refractivity contribution in [3.8, 4) is 0 Å². The summed E-state index contributed by atoms with van der Waals surface area (Å²) in [4.78, 5) is 54.6. The lowest BCUT2D eigenvalue weighted by Crippen LogP contribution is -2.53. The molecule has 4 amide bonds. The van der Waals surface area contributed by atoms with Gasteiger partial charge >= 0.3 is 6.09 Å². The molecule has 0 spiro atoms. The molecule has 2 aromatic rings. The number of alkyl carbamates (subject to hydrolysis) is 1. The summed E-state index contributed by atoms with van der Waals surface area (Å²) in [5, 5.41) is 5.73. The molecule has 9 heteroatoms. The summed E-state index contributed by atoms with van der Waals surface area (Å²) >= 11 is 0. The predicted octanol–water partition coefficient (Wildman–Crippen LogP) is 6.25. The first kappa shape index (κ1) is 35.3. The van der Waals surface area contributed by atoms with Gasteiger partial charge in [0.05, 0.1) is 0 Å². The van der Waals surface area contributed by atoms with Gasteiger partial charge in [-0.1, -0.05) is 80.6 Å². The van der Waals surface area contributed by atoms with Crippen molar-refractivity contribution in [1.29, 1.82) is 0 Å². The number of carbonyl (C=O) groups is 4. The van der Waals surface area contributed by atoms with Crippen LogP contribution >= 0.6 is 0 Å². The van der Waals surface area contributed by atoms with Gasteiger partial charge in [0, 0.05) is 18.7 Å². The van der Waals surface area contributed by atoms with Crippen molar-refractivity contribution in [2.24, 2.45) is 5.73 Å². The van der Waals surface area contributed by atoms with Crippen LogP contribution in [0.1, 0.15) is 101 Å². The van der Waals surface area contributed by atoms with Gasteiger partial charge in [0.25, 0.3) is 5.91 Å². The van der Waals surface area contributed by atoms with E-state index >= 15 is 0 Å². The fourth-order valence-electron chi connectivity index (χ4n) is 4.87. The van der Waals surface area contributed by atoms with Gasteiger partial charge in [-0.3, -0.25) is 14.4 Å². The second-order valence-electron chi connectivity index (χ2n) is 12.2. The number of primary amides is 1. The fourth-order valence-corrected chi connectivity index (χ4v) is 4.87. The minimum Gasteiger partial charge on any atom is -0.444 e. The van der Waals surface area contributed by atoms with Crippen molar-refractivity contribution in [2.45, 2.75) is 111 Å². The fraction of sp³-hybridized carbons (Fsp3) is 0.529. The number of nitrogens with two attached hydrogens (primary N) is 1. The number of nitrogens with zero attached hydrogens (tertiary/aromatic N) is 1. The highest BCUT2D eigenvalue weighted by atomic mass is 16.6. The lowest BCUT2D eigenvalue weighted by molar-refractivity contribution is -0.141. The zero-order valence-corrected chi connectivity index (χ0v) is 26.9. The van der Waals surface area contributed by atoms with E-state index in [4.69, 9.17) is 10.5 Å². The van der Waals surface area contributed by atoms with Crippen LogP contribution in [0.15, 0.2) is 42.5 Å². The van der Waals surface area contributed by atoms with Crippen LogP contribution in [0.3, 0.4) is 0 Å². The Morgan fingerprint density at radius 1 is 0.907 bits per heavy atom. The molecule has 0 heterocycles. The number of rotatable bonds is 15. The van der Waals surface area contributed by atoms with Crippen LogP contribution in [0, 0.1) is 20.8 Å². The Labute approximate surface area is 256 Å². The van der Waals surface area contributed by atoms with Crippen molar-refractivity contribution < 1.29 is 23.9 Å². The summed E-state index contributed by atoms with van der Waals surface area (Å²) in [6.45, 7) is 13.4. The molecule has 0 saturated heterocycles. The van der Waals surface area contributed by atoms with E-state index in [2.05, 4.69) is 17.6 Å². The van der Waals surface area contributed by atoms with Crippen LogP contribution in [0.25, 0.3) is 0 Å². The molecule has 0 aromatic heterocycles. The molecule has 0 fully saturated rings. The third kappa shape index (κ3) is 11.7. The van der Waals surface area contributed by atoms with E-state index in [0.29, 0.717) is 17.7 Å². The normalized spacial score (nSPS) is 12.6. The number of nitrogens with one attached hydrogen (secondary N) is 2. The van der Waals surface area contributed by atoms with Gasteiger partial charge in [-0.2, -0.15) is 0 Å². The average Bonchev–Trinajstić information content (AvgIpc) is 2.91. The number of unbranched alkanes of at least 4 members (excludes halogenated alkanes) is 4. The van der Waals surface area contributed by atoms with Gasteiger partial charge in [-0.15, -0.1) is 0 Å². The SMILES string of the molecule is CCCCCCCN(C(=O)C(CCC(N)=O)NC(=O)OC(C)(C)C)C(C(=O)Nc1c(C)cccc1C)c1ccc(C)cc1. The van der Waals surface area contributed by atoms with Gasteiger partial charge in [0.15, 0.2) is 0 Å². The summed E-state index contributed by atoms with van der Waals surface area (Å²) in [7, 11) is 0. The summed E-state index contributed by atoms with van der Waals surface area (Å²) in [6, 6.07) is 11.2. The first-order valence-electron chi connectivity index (χ1n) is 15.3. The molecule has 2 unspecified atom stereocenters. The molecule has 0 radical (unpaired) electrons. The van der Waals surface area contributed by atoms with Crippen molar-refractivity contribution in [1.82, 2.24) is 10.2 Å². The molecule has 43 heavy (non-hydrogen) atoms. The molecule has 0 aliphatic rings. The van der Waals surface area contributed by atoms with Crippen LogP contribution in [0.2, 0.25) is 0 Å². The first-order valence-corrected chi connectivity index (χ1v) is 15.3. The van der Waals surface area contributed by atoms with Gasteiger partial charge in [0.2, 0.25) is 11.8 Å². The molecule has 0 aliphatic heterocycles. The minimum absolute atomic E-state index is 0.0289. The molecule has 2 rings (SSSR count). The molecular formula is C34H50N4O5. The van der Waals surface area contributed by atoms with Crippen LogP contribution in [0.4, 0.5) is 10.5 Å². The zero-order valence-electron chi connectivity index (χ0n) is 26.9. The summed E-state index contributed by atoms with van der Waals surface area (Å²) < 4.78 is 5.43. The number of hydrogen-bond donors (Lipinski definition) is 3. The van der Waals surface area contributed by atoms with E-state index in [1.807, 2.05) is 63.2 Å². The highest BCUT2D eigenvalue weighted by molar-refractivity contribution is 6.00. The van der Waals surface area contributed by atoms with Crippen molar-refractivity contribution in [2.75, 3.05) is 11.9 Å². The average molecular weight is 595 g/mol. The number of hydrogen-bond acceptors (Lipinski definition) is 5. The number of benzene rings is 2. The Kier molecular flexibility index (Phi) is 13.7. The molecule has 4 N–H and O–H groups in total. The molecule has 9 nitrogen and oxygen atoms in total. The maximum atomic E-state index is 14.4. The second kappa shape index (κ2) is 16.7. The third-order valence-electron chi connectivity index (χ3n) is 7.14. The van der Waals surface area contributed by atoms with Crippen LogP contribution in [-0.2, 0) is 19.1 Å². The Balaban J connectivity index is 2.57. The highest BCUT2D eigenvalue weighted by Crippen LogP contribution is 2.28. The molecular weight excluding hydrogens is 544 g/mol. The number of anilines is 1. The van der Waals surface area contributed by atoms with E-state index in [9.17, 15) is 19.2 Å². The van der Waals surface area contributed by atoms with Crippen molar-refractivity contribution >= 4 is 29.5 Å². The number of carbonyl (C=O) groups excluding carboxylic acids is 4. The zero-order chi connectivity index (χ0) is 32.2. The smallest absolute Gasteiger partial charge is 0.408 e. The Bertz CT molecular complexity index is 1220. The summed E-state index contributed by atoms with van der Waals surface area (Å²) in [6.07, 6.45) is 3.75. The Hall–Kier alpha value is -3.88. The Morgan fingerprint density at radius 2 is 1.51 bits per heavy atom. The van der Waals surface area contributed by atoms with Crippen molar-refractivity contribution in [3.05, 3.63) is 64.7 Å². The topological polar surface area (TPSA) is 131 Å². The lowest BCUT2D eigenvalue weighted by atomic mass is 9.99. The molecule has 2 aromatic carbocycles. The maximum absolute atomic E-state index is 14.4. The maximum Gasteiger partial charge on any atom is 0.408 e. The van der Waals surface area contributed by atoms with Gasteiger partial charge in [-0.05, 0) is 71.1 Å². The lowest BCUT2D eigenvalue weighted by Gasteiger charge is -2.35. The quantitative estimate of drug-likeness (QED) is 0.210. The van der Waals surface area contributed by atoms with Crippen LogP contribution < -0.4 is 16.4 Å². The highest BCUT2D eigenvalue weighted by Gasteiger charge is 2.36. The van der Waals surface area contributed by atoms with E-state index in [-0.39, 0.29) is 25.3 Å². The monoisotopic (exact) mass is 594 g/mol. The van der Waals surface area contributed by atoms with E-state index in [1.54, 1.807) is 20.8 Å². The van der Waals surface area contributed by atoms with E-state index in [0.717, 1.165) is 42.4 Å². The van der Waals surface area contributed by atoms with Gasteiger partial charge in [0.1, 0.15) is 17.7 Å². The third-order valence-corrected chi connectivity index (χ3v) is 7.14. The molecule has 236 valence electrons. The summed E-state index contributed by atoms with van der Waals surface area (Å²) in [5.74, 6) is -1.45. The predicted molar refractivity (Wildman–Crippen MR) is 171 cm³/mol. The minimum atomic E-state index is -1.13. The largest absolute Gasteiger partial charge is 0.444 e. The number of ether oxygens (including phenoxy) is 1. The number of aryl methyl sites for hydroxylation is 3. The van der Waals surface area contributed by atoms with E-state index in [1.165, 1.54) is 4.90 Å². The van der Waals surface area contributed by atoms with Crippen LogP contribution in [0.5, 0.6) is 0 Å². The first-order chi connectivity index (χ1) is 20.2. The number of amides is 4. The Morgan fingerprint density at radius 3 is 2.07 bits per heavy atom. The molecule has 0 bridgehead atoms. The number of para-hydroxylation sites is 1. The van der Waals surface area contributed by atoms with Gasteiger partial charge < -0.3 is 26.0 Å². The summed E-state index contributed by atoms with van der Waals surface area (Å²) in [5.41, 5.74) is 8.79. The second-order valence-corrected chi connectivity index (χ2v) is 12.2. The van der Waals surface area contributed by atoms with E-state index < -0.39 is 35.6 Å².